The Labute approximate surface area is 143 Å². The Hall–Kier alpha value is -2.87. The fourth-order valence-electron chi connectivity index (χ4n) is 2.71. The minimum absolute atomic E-state index is 0.00509. The van der Waals surface area contributed by atoms with E-state index in [0.717, 1.165) is 17.0 Å². The maximum Gasteiger partial charge on any atom is 0.118 e. The maximum atomic E-state index is 5.23. The third-order valence-corrected chi connectivity index (χ3v) is 4.06. The van der Waals surface area contributed by atoms with Crippen molar-refractivity contribution in [3.05, 3.63) is 102 Å². The fraction of sp³-hybridized carbons (Fsp3) is 0.136. The van der Waals surface area contributed by atoms with Crippen molar-refractivity contribution in [2.75, 3.05) is 7.11 Å². The van der Waals surface area contributed by atoms with Gasteiger partial charge in [0, 0.05) is 5.71 Å². The summed E-state index contributed by atoms with van der Waals surface area (Å²) < 4.78 is 5.23. The second-order valence-corrected chi connectivity index (χ2v) is 5.67. The highest BCUT2D eigenvalue weighted by molar-refractivity contribution is 5.99. The molecule has 0 atom stereocenters. The van der Waals surface area contributed by atoms with Crippen LogP contribution in [0.3, 0.4) is 0 Å². The lowest BCUT2D eigenvalue weighted by molar-refractivity contribution is 0.415. The molecular formula is C22H21NO. The molecule has 0 radical (unpaired) electrons. The molecule has 3 rings (SSSR count). The summed E-state index contributed by atoms with van der Waals surface area (Å²) in [7, 11) is 1.68. The molecular weight excluding hydrogens is 294 g/mol. The minimum Gasteiger partial charge on any atom is -0.497 e. The van der Waals surface area contributed by atoms with Gasteiger partial charge in [-0.2, -0.15) is 0 Å². The number of nitrogens with zero attached hydrogens (tertiary/aromatic N) is 1. The molecule has 0 aliphatic carbocycles. The highest BCUT2D eigenvalue weighted by Crippen LogP contribution is 2.27. The van der Waals surface area contributed by atoms with Crippen molar-refractivity contribution < 1.29 is 4.74 Å². The van der Waals surface area contributed by atoms with E-state index >= 15 is 0 Å². The summed E-state index contributed by atoms with van der Waals surface area (Å²) in [6.07, 6.45) is 0. The van der Waals surface area contributed by atoms with Crippen LogP contribution in [0.15, 0.2) is 89.9 Å². The maximum absolute atomic E-state index is 5.23. The molecule has 0 spiro atoms. The smallest absolute Gasteiger partial charge is 0.118 e. The molecule has 0 N–H and O–H groups in total. The van der Waals surface area contributed by atoms with Crippen molar-refractivity contribution in [3.63, 3.8) is 0 Å². The summed E-state index contributed by atoms with van der Waals surface area (Å²) in [5, 5.41) is 0. The highest BCUT2D eigenvalue weighted by Gasteiger charge is 2.13. The molecule has 120 valence electrons. The molecule has 0 heterocycles. The van der Waals surface area contributed by atoms with Crippen LogP contribution in [0.25, 0.3) is 0 Å². The lowest BCUT2D eigenvalue weighted by atomic mass is 9.99. The first kappa shape index (κ1) is 16.0. The van der Waals surface area contributed by atoms with Crippen LogP contribution >= 0.6 is 0 Å². The SMILES string of the molecule is COc1ccc(C(C)=NC(c2ccccc2)c2ccccc2)cc1. The van der Waals surface area contributed by atoms with E-state index < -0.39 is 0 Å². The summed E-state index contributed by atoms with van der Waals surface area (Å²) in [5.74, 6) is 0.856. The number of methoxy groups -OCH3 is 1. The molecule has 0 aromatic heterocycles. The summed E-state index contributed by atoms with van der Waals surface area (Å²) in [5.41, 5.74) is 4.50. The van der Waals surface area contributed by atoms with Crippen LogP contribution in [0.2, 0.25) is 0 Å². The van der Waals surface area contributed by atoms with Gasteiger partial charge in [0.1, 0.15) is 11.8 Å². The average Bonchev–Trinajstić information content (AvgIpc) is 2.67. The topological polar surface area (TPSA) is 21.6 Å². The van der Waals surface area contributed by atoms with Gasteiger partial charge in [0.25, 0.3) is 0 Å². The van der Waals surface area contributed by atoms with Crippen molar-refractivity contribution in [2.45, 2.75) is 13.0 Å². The van der Waals surface area contributed by atoms with Gasteiger partial charge in [-0.15, -0.1) is 0 Å². The van der Waals surface area contributed by atoms with E-state index in [1.54, 1.807) is 7.11 Å². The van der Waals surface area contributed by atoms with Crippen molar-refractivity contribution in [1.82, 2.24) is 0 Å². The molecule has 0 saturated carbocycles. The predicted molar refractivity (Wildman–Crippen MR) is 99.9 cm³/mol. The van der Waals surface area contributed by atoms with Gasteiger partial charge in [0.05, 0.1) is 7.11 Å². The molecule has 0 aliphatic heterocycles. The summed E-state index contributed by atoms with van der Waals surface area (Å²) in [6, 6.07) is 28.8. The van der Waals surface area contributed by atoms with E-state index in [2.05, 4.69) is 55.5 Å². The van der Waals surface area contributed by atoms with Crippen LogP contribution in [-0.2, 0) is 0 Å². The summed E-state index contributed by atoms with van der Waals surface area (Å²) in [4.78, 5) is 5.02. The first-order chi connectivity index (χ1) is 11.8. The normalized spacial score (nSPS) is 11.5. The fourth-order valence-corrected chi connectivity index (χ4v) is 2.71. The average molecular weight is 315 g/mol. The zero-order valence-corrected chi connectivity index (χ0v) is 14.0. The van der Waals surface area contributed by atoms with Gasteiger partial charge in [-0.25, -0.2) is 0 Å². The van der Waals surface area contributed by atoms with Crippen molar-refractivity contribution in [3.8, 4) is 5.75 Å². The Bertz CT molecular complexity index is 753. The first-order valence-electron chi connectivity index (χ1n) is 8.06. The lowest BCUT2D eigenvalue weighted by Crippen LogP contribution is -2.03. The van der Waals surface area contributed by atoms with Crippen molar-refractivity contribution in [1.29, 1.82) is 0 Å². The number of rotatable bonds is 5. The summed E-state index contributed by atoms with van der Waals surface area (Å²) in [6.45, 7) is 2.06. The Morgan fingerprint density at radius 3 is 1.71 bits per heavy atom. The van der Waals surface area contributed by atoms with E-state index in [1.807, 2.05) is 36.4 Å². The second-order valence-electron chi connectivity index (χ2n) is 5.67. The zero-order chi connectivity index (χ0) is 16.8. The lowest BCUT2D eigenvalue weighted by Gasteiger charge is -2.15. The van der Waals surface area contributed by atoms with E-state index in [9.17, 15) is 0 Å². The third kappa shape index (κ3) is 3.72. The van der Waals surface area contributed by atoms with Gasteiger partial charge in [-0.3, -0.25) is 4.99 Å². The van der Waals surface area contributed by atoms with Crippen LogP contribution < -0.4 is 4.74 Å². The number of hydrogen-bond donors (Lipinski definition) is 0. The Balaban J connectivity index is 1.99. The van der Waals surface area contributed by atoms with Crippen molar-refractivity contribution in [2.24, 2.45) is 4.99 Å². The van der Waals surface area contributed by atoms with Crippen LogP contribution in [0.4, 0.5) is 0 Å². The molecule has 24 heavy (non-hydrogen) atoms. The predicted octanol–water partition coefficient (Wildman–Crippen LogP) is 5.29. The molecule has 2 nitrogen and oxygen atoms in total. The molecule has 0 saturated heterocycles. The van der Waals surface area contributed by atoms with Gasteiger partial charge < -0.3 is 4.74 Å². The van der Waals surface area contributed by atoms with Gasteiger partial charge >= 0.3 is 0 Å². The van der Waals surface area contributed by atoms with E-state index in [-0.39, 0.29) is 6.04 Å². The van der Waals surface area contributed by atoms with Crippen LogP contribution in [-0.4, -0.2) is 12.8 Å². The molecule has 2 heteroatoms. The van der Waals surface area contributed by atoms with Crippen LogP contribution in [0, 0.1) is 0 Å². The number of benzene rings is 3. The molecule has 0 aliphatic rings. The molecule has 0 unspecified atom stereocenters. The van der Waals surface area contributed by atoms with Crippen LogP contribution in [0.1, 0.15) is 29.7 Å². The molecule has 0 fully saturated rings. The highest BCUT2D eigenvalue weighted by atomic mass is 16.5. The van der Waals surface area contributed by atoms with Crippen LogP contribution in [0.5, 0.6) is 5.75 Å². The van der Waals surface area contributed by atoms with Gasteiger partial charge in [0.15, 0.2) is 0 Å². The Morgan fingerprint density at radius 1 is 0.750 bits per heavy atom. The molecule has 3 aromatic carbocycles. The Kier molecular flexibility index (Phi) is 5.07. The van der Waals surface area contributed by atoms with E-state index in [0.29, 0.717) is 0 Å². The largest absolute Gasteiger partial charge is 0.497 e. The molecule has 3 aromatic rings. The molecule has 0 bridgehead atoms. The monoisotopic (exact) mass is 315 g/mol. The number of ether oxygens (including phenoxy) is 1. The van der Waals surface area contributed by atoms with Gasteiger partial charge in [-0.1, -0.05) is 60.7 Å². The molecule has 0 amide bonds. The van der Waals surface area contributed by atoms with E-state index in [1.165, 1.54) is 11.1 Å². The van der Waals surface area contributed by atoms with E-state index in [4.69, 9.17) is 9.73 Å². The minimum atomic E-state index is -0.00509. The Morgan fingerprint density at radius 2 is 1.25 bits per heavy atom. The van der Waals surface area contributed by atoms with Crippen molar-refractivity contribution >= 4 is 5.71 Å². The van der Waals surface area contributed by atoms with Gasteiger partial charge in [-0.05, 0) is 47.9 Å². The number of aliphatic imine (C=N–C) groups is 1. The zero-order valence-electron chi connectivity index (χ0n) is 14.0. The second kappa shape index (κ2) is 7.60. The third-order valence-electron chi connectivity index (χ3n) is 4.06. The van der Waals surface area contributed by atoms with Gasteiger partial charge in [0.2, 0.25) is 0 Å². The standard InChI is InChI=1S/C22H21NO/c1-17(18-13-15-21(24-2)16-14-18)23-22(19-9-5-3-6-10-19)20-11-7-4-8-12-20/h3-16,22H,1-2H3. The quantitative estimate of drug-likeness (QED) is 0.586. The number of hydrogen-bond acceptors (Lipinski definition) is 2. The first-order valence-corrected chi connectivity index (χ1v) is 8.06. The summed E-state index contributed by atoms with van der Waals surface area (Å²) >= 11 is 0.